The highest BCUT2D eigenvalue weighted by Crippen LogP contribution is 2.10. The lowest BCUT2D eigenvalue weighted by Gasteiger charge is -2.25. The summed E-state index contributed by atoms with van der Waals surface area (Å²) >= 11 is 0. The molecule has 1 aromatic rings. The minimum atomic E-state index is -0.602. The first-order chi connectivity index (χ1) is 11.2. The van der Waals surface area contributed by atoms with Crippen LogP contribution in [0.2, 0.25) is 0 Å². The first-order valence-corrected chi connectivity index (χ1v) is 7.87. The predicted octanol–water partition coefficient (Wildman–Crippen LogP) is 1.64. The van der Waals surface area contributed by atoms with Crippen LogP contribution < -0.4 is 5.32 Å². The van der Waals surface area contributed by atoms with Crippen molar-refractivity contribution >= 4 is 17.8 Å². The zero-order chi connectivity index (χ0) is 18.3. The normalized spacial score (nSPS) is 10.9. The van der Waals surface area contributed by atoms with E-state index in [1.165, 1.54) is 30.3 Å². The number of nitrogens with zero attached hydrogens (tertiary/aromatic N) is 2. The van der Waals surface area contributed by atoms with E-state index in [4.69, 9.17) is 4.74 Å². The zero-order valence-corrected chi connectivity index (χ0v) is 14.9. The SMILES string of the molecule is CCCN(CC(=O)OC(C)(C)C)C(=O)c1ccc(C(=O)NC)nc1. The molecule has 132 valence electrons. The van der Waals surface area contributed by atoms with Crippen molar-refractivity contribution in [3.05, 3.63) is 29.6 Å². The molecule has 0 aliphatic rings. The molecule has 0 fully saturated rings. The molecule has 1 rings (SSSR count). The summed E-state index contributed by atoms with van der Waals surface area (Å²) in [5, 5.41) is 2.46. The second-order valence-electron chi connectivity index (χ2n) is 6.32. The molecule has 7 nitrogen and oxygen atoms in total. The number of aromatic nitrogens is 1. The molecule has 0 saturated carbocycles. The highest BCUT2D eigenvalue weighted by atomic mass is 16.6. The Morgan fingerprint density at radius 3 is 2.38 bits per heavy atom. The van der Waals surface area contributed by atoms with E-state index in [9.17, 15) is 14.4 Å². The lowest BCUT2D eigenvalue weighted by Crippen LogP contribution is -2.39. The summed E-state index contributed by atoms with van der Waals surface area (Å²) in [7, 11) is 1.51. The van der Waals surface area contributed by atoms with Crippen LogP contribution in [0.4, 0.5) is 0 Å². The molecule has 0 saturated heterocycles. The van der Waals surface area contributed by atoms with Crippen LogP contribution in [-0.2, 0) is 9.53 Å². The van der Waals surface area contributed by atoms with E-state index in [2.05, 4.69) is 10.3 Å². The molecule has 1 heterocycles. The molecule has 0 aliphatic carbocycles. The lowest BCUT2D eigenvalue weighted by atomic mass is 10.2. The first-order valence-electron chi connectivity index (χ1n) is 7.87. The molecule has 0 unspecified atom stereocenters. The van der Waals surface area contributed by atoms with Crippen LogP contribution in [0, 0.1) is 0 Å². The van der Waals surface area contributed by atoms with E-state index in [-0.39, 0.29) is 24.1 Å². The maximum atomic E-state index is 12.6. The number of hydrogen-bond donors (Lipinski definition) is 1. The van der Waals surface area contributed by atoms with Gasteiger partial charge in [-0.3, -0.25) is 19.4 Å². The predicted molar refractivity (Wildman–Crippen MR) is 89.7 cm³/mol. The van der Waals surface area contributed by atoms with Crippen molar-refractivity contribution in [2.45, 2.75) is 39.7 Å². The van der Waals surface area contributed by atoms with Crippen molar-refractivity contribution in [2.24, 2.45) is 0 Å². The first kappa shape index (κ1) is 19.6. The third-order valence-electron chi connectivity index (χ3n) is 2.99. The Morgan fingerprint density at radius 2 is 1.92 bits per heavy atom. The number of esters is 1. The van der Waals surface area contributed by atoms with Crippen LogP contribution in [0.1, 0.15) is 55.0 Å². The van der Waals surface area contributed by atoms with Crippen molar-refractivity contribution in [2.75, 3.05) is 20.1 Å². The average Bonchev–Trinajstić information content (AvgIpc) is 2.51. The van der Waals surface area contributed by atoms with Gasteiger partial charge in [0.25, 0.3) is 11.8 Å². The summed E-state index contributed by atoms with van der Waals surface area (Å²) in [4.78, 5) is 41.4. The number of carbonyl (C=O) groups excluding carboxylic acids is 3. The number of amides is 2. The lowest BCUT2D eigenvalue weighted by molar-refractivity contribution is -0.155. The molecule has 24 heavy (non-hydrogen) atoms. The summed E-state index contributed by atoms with van der Waals surface area (Å²) in [6, 6.07) is 3.00. The molecule has 0 radical (unpaired) electrons. The minimum Gasteiger partial charge on any atom is -0.459 e. The third-order valence-corrected chi connectivity index (χ3v) is 2.99. The Bertz CT molecular complexity index is 591. The average molecular weight is 335 g/mol. The Balaban J connectivity index is 2.86. The minimum absolute atomic E-state index is 0.124. The Labute approximate surface area is 142 Å². The van der Waals surface area contributed by atoms with Crippen LogP contribution in [-0.4, -0.2) is 53.4 Å². The van der Waals surface area contributed by atoms with Gasteiger partial charge in [-0.25, -0.2) is 0 Å². The molecule has 0 spiro atoms. The van der Waals surface area contributed by atoms with Crippen molar-refractivity contribution in [1.29, 1.82) is 0 Å². The van der Waals surface area contributed by atoms with Gasteiger partial charge in [0, 0.05) is 19.8 Å². The van der Waals surface area contributed by atoms with Gasteiger partial charge in [-0.1, -0.05) is 6.92 Å². The fraction of sp³-hybridized carbons (Fsp3) is 0.529. The van der Waals surface area contributed by atoms with Crippen LogP contribution in [0.5, 0.6) is 0 Å². The van der Waals surface area contributed by atoms with E-state index in [1.54, 1.807) is 20.8 Å². The van der Waals surface area contributed by atoms with Gasteiger partial charge in [-0.2, -0.15) is 0 Å². The molecule has 0 bridgehead atoms. The van der Waals surface area contributed by atoms with E-state index in [0.717, 1.165) is 0 Å². The van der Waals surface area contributed by atoms with Crippen LogP contribution in [0.25, 0.3) is 0 Å². The number of rotatable bonds is 6. The Kier molecular flexibility index (Phi) is 6.88. The largest absolute Gasteiger partial charge is 0.459 e. The zero-order valence-electron chi connectivity index (χ0n) is 14.9. The summed E-state index contributed by atoms with van der Waals surface area (Å²) in [6.07, 6.45) is 2.04. The van der Waals surface area contributed by atoms with Gasteiger partial charge in [0.05, 0.1) is 5.56 Å². The highest BCUT2D eigenvalue weighted by molar-refractivity contribution is 5.97. The van der Waals surface area contributed by atoms with Crippen molar-refractivity contribution in [3.63, 3.8) is 0 Å². The smallest absolute Gasteiger partial charge is 0.326 e. The second kappa shape index (κ2) is 8.42. The molecule has 0 atom stereocenters. The van der Waals surface area contributed by atoms with E-state index >= 15 is 0 Å². The van der Waals surface area contributed by atoms with Gasteiger partial charge < -0.3 is 15.0 Å². The molecule has 2 amide bonds. The maximum absolute atomic E-state index is 12.6. The summed E-state index contributed by atoms with van der Waals surface area (Å²) in [5.41, 5.74) is -0.0581. The second-order valence-corrected chi connectivity index (χ2v) is 6.32. The fourth-order valence-electron chi connectivity index (χ4n) is 2.02. The molecule has 1 aromatic heterocycles. The van der Waals surface area contributed by atoms with E-state index < -0.39 is 11.6 Å². The summed E-state index contributed by atoms with van der Waals surface area (Å²) in [5.74, 6) is -1.11. The number of pyridine rings is 1. The van der Waals surface area contributed by atoms with Crippen molar-refractivity contribution in [1.82, 2.24) is 15.2 Å². The Hall–Kier alpha value is -2.44. The summed E-state index contributed by atoms with van der Waals surface area (Å²) < 4.78 is 5.26. The van der Waals surface area contributed by atoms with Gasteiger partial charge in [-0.05, 0) is 39.3 Å². The van der Waals surface area contributed by atoms with Gasteiger partial charge in [0.1, 0.15) is 17.8 Å². The molecular formula is C17H25N3O4. The third kappa shape index (κ3) is 5.98. The number of nitrogens with one attached hydrogen (secondary N) is 1. The molecule has 0 aromatic carbocycles. The van der Waals surface area contributed by atoms with E-state index in [0.29, 0.717) is 18.5 Å². The fourth-order valence-corrected chi connectivity index (χ4v) is 2.02. The summed E-state index contributed by atoms with van der Waals surface area (Å²) in [6.45, 7) is 7.55. The number of carbonyl (C=O) groups is 3. The van der Waals surface area contributed by atoms with Crippen molar-refractivity contribution in [3.8, 4) is 0 Å². The topological polar surface area (TPSA) is 88.6 Å². The molecular weight excluding hydrogens is 310 g/mol. The van der Waals surface area contributed by atoms with Crippen molar-refractivity contribution < 1.29 is 19.1 Å². The van der Waals surface area contributed by atoms with Gasteiger partial charge in [0.15, 0.2) is 0 Å². The van der Waals surface area contributed by atoms with Gasteiger partial charge in [-0.15, -0.1) is 0 Å². The highest BCUT2D eigenvalue weighted by Gasteiger charge is 2.23. The molecule has 7 heteroatoms. The standard InChI is InChI=1S/C17H25N3O4/c1-6-9-20(11-14(21)24-17(2,3)4)16(23)12-7-8-13(19-10-12)15(22)18-5/h7-8,10H,6,9,11H2,1-5H3,(H,18,22). The molecule has 1 N–H and O–H groups in total. The Morgan fingerprint density at radius 1 is 1.25 bits per heavy atom. The van der Waals surface area contributed by atoms with E-state index in [1.807, 2.05) is 6.92 Å². The quantitative estimate of drug-likeness (QED) is 0.798. The van der Waals surface area contributed by atoms with Crippen LogP contribution in [0.15, 0.2) is 18.3 Å². The number of ether oxygens (including phenoxy) is 1. The number of hydrogen-bond acceptors (Lipinski definition) is 5. The van der Waals surface area contributed by atoms with Crippen LogP contribution >= 0.6 is 0 Å². The molecule has 0 aliphatic heterocycles. The van der Waals surface area contributed by atoms with Gasteiger partial charge >= 0.3 is 5.97 Å². The maximum Gasteiger partial charge on any atom is 0.326 e. The van der Waals surface area contributed by atoms with Crippen LogP contribution in [0.3, 0.4) is 0 Å². The van der Waals surface area contributed by atoms with Gasteiger partial charge in [0.2, 0.25) is 0 Å². The monoisotopic (exact) mass is 335 g/mol.